The van der Waals surface area contributed by atoms with Crippen LogP contribution in [0.1, 0.15) is 12.0 Å². The molecular formula is C19H16F2N2O4. The van der Waals surface area contributed by atoms with E-state index in [4.69, 9.17) is 0 Å². The monoisotopic (exact) mass is 374 g/mol. The number of nitrogens with zero attached hydrogens (tertiary/aromatic N) is 1. The molecule has 2 amide bonds. The minimum absolute atomic E-state index is 0.0932. The van der Waals surface area contributed by atoms with Gasteiger partial charge in [0, 0.05) is 31.3 Å². The molecule has 1 N–H and O–H groups in total. The molecular weight excluding hydrogens is 358 g/mol. The third kappa shape index (κ3) is 3.69. The van der Waals surface area contributed by atoms with Crippen LogP contribution in [-0.2, 0) is 16.1 Å². The van der Waals surface area contributed by atoms with Crippen LogP contribution in [0.25, 0.3) is 0 Å². The predicted octanol–water partition coefficient (Wildman–Crippen LogP) is 3.00. The van der Waals surface area contributed by atoms with Crippen LogP contribution in [0.5, 0.6) is 11.5 Å². The summed E-state index contributed by atoms with van der Waals surface area (Å²) in [6.45, 7) is 0.755. The van der Waals surface area contributed by atoms with E-state index in [1.807, 2.05) is 30.3 Å². The molecule has 27 heavy (non-hydrogen) atoms. The number of rotatable bonds is 4. The third-order valence-electron chi connectivity index (χ3n) is 4.47. The van der Waals surface area contributed by atoms with Gasteiger partial charge in [-0.2, -0.15) is 0 Å². The van der Waals surface area contributed by atoms with Crippen LogP contribution >= 0.6 is 0 Å². The molecule has 4 rings (SSSR count). The van der Waals surface area contributed by atoms with E-state index in [0.717, 1.165) is 5.56 Å². The summed E-state index contributed by atoms with van der Waals surface area (Å²) in [7, 11) is 0. The largest absolute Gasteiger partial charge is 0.586 e. The summed E-state index contributed by atoms with van der Waals surface area (Å²) in [5, 5.41) is 2.65. The number of amides is 2. The molecule has 140 valence electrons. The predicted molar refractivity (Wildman–Crippen MR) is 91.2 cm³/mol. The molecule has 0 saturated carbocycles. The highest BCUT2D eigenvalue weighted by atomic mass is 19.3. The minimum Gasteiger partial charge on any atom is -0.395 e. The van der Waals surface area contributed by atoms with Crippen LogP contribution in [0.3, 0.4) is 0 Å². The fraction of sp³-hybridized carbons (Fsp3) is 0.263. The van der Waals surface area contributed by atoms with E-state index in [2.05, 4.69) is 14.8 Å². The second-order valence-electron chi connectivity index (χ2n) is 6.48. The van der Waals surface area contributed by atoms with Crippen LogP contribution in [0.2, 0.25) is 0 Å². The van der Waals surface area contributed by atoms with Crippen molar-refractivity contribution in [3.63, 3.8) is 0 Å². The number of benzene rings is 2. The van der Waals surface area contributed by atoms with E-state index in [9.17, 15) is 18.4 Å². The van der Waals surface area contributed by atoms with E-state index in [-0.39, 0.29) is 29.7 Å². The number of nitrogens with one attached hydrogen (secondary N) is 1. The van der Waals surface area contributed by atoms with Gasteiger partial charge in [0.15, 0.2) is 11.5 Å². The van der Waals surface area contributed by atoms with E-state index in [1.54, 1.807) is 4.90 Å². The van der Waals surface area contributed by atoms with Gasteiger partial charge < -0.3 is 19.7 Å². The van der Waals surface area contributed by atoms with Crippen molar-refractivity contribution in [2.75, 3.05) is 11.9 Å². The lowest BCUT2D eigenvalue weighted by Crippen LogP contribution is -2.28. The Balaban J connectivity index is 1.39. The van der Waals surface area contributed by atoms with E-state index in [0.29, 0.717) is 18.8 Å². The van der Waals surface area contributed by atoms with Crippen molar-refractivity contribution >= 4 is 17.5 Å². The number of carbonyl (C=O) groups excluding carboxylic acids is 2. The van der Waals surface area contributed by atoms with E-state index < -0.39 is 12.2 Å². The Morgan fingerprint density at radius 2 is 1.89 bits per heavy atom. The lowest BCUT2D eigenvalue weighted by molar-refractivity contribution is -0.286. The smallest absolute Gasteiger partial charge is 0.395 e. The Hall–Kier alpha value is -3.16. The van der Waals surface area contributed by atoms with Gasteiger partial charge >= 0.3 is 6.29 Å². The first-order valence-electron chi connectivity index (χ1n) is 8.42. The molecule has 0 radical (unpaired) electrons. The molecule has 8 heteroatoms. The summed E-state index contributed by atoms with van der Waals surface area (Å²) in [4.78, 5) is 26.3. The molecule has 2 aromatic carbocycles. The first-order chi connectivity index (χ1) is 12.9. The quantitative estimate of drug-likeness (QED) is 0.893. The maximum atomic E-state index is 13.1. The average molecular weight is 374 g/mol. The maximum Gasteiger partial charge on any atom is 0.586 e. The number of hydrogen-bond acceptors (Lipinski definition) is 4. The molecule has 2 aliphatic rings. The maximum absolute atomic E-state index is 13.1. The molecule has 0 spiro atoms. The summed E-state index contributed by atoms with van der Waals surface area (Å²) >= 11 is 0. The molecule has 0 bridgehead atoms. The molecule has 0 unspecified atom stereocenters. The van der Waals surface area contributed by atoms with Gasteiger partial charge in [0.2, 0.25) is 11.8 Å². The van der Waals surface area contributed by atoms with Crippen LogP contribution in [0.15, 0.2) is 48.5 Å². The highest BCUT2D eigenvalue weighted by Gasteiger charge is 2.43. The van der Waals surface area contributed by atoms with Crippen molar-refractivity contribution in [1.82, 2.24) is 4.90 Å². The molecule has 1 fully saturated rings. The fourth-order valence-corrected chi connectivity index (χ4v) is 3.18. The van der Waals surface area contributed by atoms with Gasteiger partial charge in [-0.05, 0) is 17.7 Å². The SMILES string of the molecule is O=C(Nc1ccc2c(c1)OC(F)(F)O2)[C@@H]1CC(=O)N(Cc2ccccc2)C1. The van der Waals surface area contributed by atoms with Crippen molar-refractivity contribution in [3.8, 4) is 11.5 Å². The lowest BCUT2D eigenvalue weighted by atomic mass is 10.1. The van der Waals surface area contributed by atoms with Crippen molar-refractivity contribution < 1.29 is 27.8 Å². The molecule has 2 aromatic rings. The topological polar surface area (TPSA) is 67.9 Å². The number of ether oxygens (including phenoxy) is 2. The van der Waals surface area contributed by atoms with Crippen LogP contribution < -0.4 is 14.8 Å². The number of halogens is 2. The van der Waals surface area contributed by atoms with Gasteiger partial charge in [-0.3, -0.25) is 9.59 Å². The van der Waals surface area contributed by atoms with Gasteiger partial charge in [0.1, 0.15) is 0 Å². The van der Waals surface area contributed by atoms with Gasteiger partial charge in [-0.1, -0.05) is 30.3 Å². The number of hydrogen-bond donors (Lipinski definition) is 1. The number of fused-ring (bicyclic) bond motifs is 1. The molecule has 2 heterocycles. The zero-order valence-electron chi connectivity index (χ0n) is 14.2. The summed E-state index contributed by atoms with van der Waals surface area (Å²) in [6.07, 6.45) is -3.60. The van der Waals surface area contributed by atoms with Crippen LogP contribution in [-0.4, -0.2) is 29.6 Å². The zero-order valence-corrected chi connectivity index (χ0v) is 14.2. The summed E-state index contributed by atoms with van der Waals surface area (Å²) in [5.41, 5.74) is 1.29. The van der Waals surface area contributed by atoms with Gasteiger partial charge in [0.05, 0.1) is 5.92 Å². The van der Waals surface area contributed by atoms with Gasteiger partial charge in [0.25, 0.3) is 0 Å². The molecule has 6 nitrogen and oxygen atoms in total. The number of carbonyl (C=O) groups is 2. The fourth-order valence-electron chi connectivity index (χ4n) is 3.18. The van der Waals surface area contributed by atoms with Crippen molar-refractivity contribution in [2.45, 2.75) is 19.3 Å². The van der Waals surface area contributed by atoms with Crippen LogP contribution in [0.4, 0.5) is 14.5 Å². The Morgan fingerprint density at radius 3 is 2.67 bits per heavy atom. The molecule has 0 aromatic heterocycles. The highest BCUT2D eigenvalue weighted by molar-refractivity contribution is 5.97. The van der Waals surface area contributed by atoms with E-state index in [1.165, 1.54) is 18.2 Å². The molecule has 1 saturated heterocycles. The number of alkyl halides is 2. The van der Waals surface area contributed by atoms with Gasteiger partial charge in [-0.25, -0.2) is 0 Å². The standard InChI is InChI=1S/C19H16F2N2O4/c20-19(21)26-15-7-6-14(9-16(15)27-19)22-18(25)13-8-17(24)23(11-13)10-12-4-2-1-3-5-12/h1-7,9,13H,8,10-11H2,(H,22,25)/t13-/m1/s1. The lowest BCUT2D eigenvalue weighted by Gasteiger charge is -2.16. The highest BCUT2D eigenvalue weighted by Crippen LogP contribution is 2.42. The summed E-state index contributed by atoms with van der Waals surface area (Å²) < 4.78 is 34.8. The number of anilines is 1. The Kier molecular flexibility index (Phi) is 4.18. The van der Waals surface area contributed by atoms with Crippen molar-refractivity contribution in [3.05, 3.63) is 54.1 Å². The third-order valence-corrected chi connectivity index (χ3v) is 4.47. The van der Waals surface area contributed by atoms with Crippen LogP contribution in [0, 0.1) is 5.92 Å². The van der Waals surface area contributed by atoms with Crippen molar-refractivity contribution in [1.29, 1.82) is 0 Å². The second-order valence-corrected chi connectivity index (χ2v) is 6.48. The zero-order chi connectivity index (χ0) is 19.0. The summed E-state index contributed by atoms with van der Waals surface area (Å²) in [5.74, 6) is -1.18. The molecule has 2 aliphatic heterocycles. The Morgan fingerprint density at radius 1 is 1.15 bits per heavy atom. The average Bonchev–Trinajstić information content (AvgIpc) is 3.13. The normalized spacial score (nSPS) is 20.0. The first kappa shape index (κ1) is 17.3. The first-order valence-corrected chi connectivity index (χ1v) is 8.42. The summed E-state index contributed by atoms with van der Waals surface area (Å²) in [6, 6.07) is 13.5. The molecule has 1 atom stereocenters. The Labute approximate surface area is 153 Å². The Bertz CT molecular complexity index is 889. The second kappa shape index (κ2) is 6.53. The number of likely N-dealkylation sites (tertiary alicyclic amines) is 1. The van der Waals surface area contributed by atoms with E-state index >= 15 is 0 Å². The molecule has 0 aliphatic carbocycles. The van der Waals surface area contributed by atoms with Crippen molar-refractivity contribution in [2.24, 2.45) is 5.92 Å². The van der Waals surface area contributed by atoms with Gasteiger partial charge in [-0.15, -0.1) is 8.78 Å². The minimum atomic E-state index is -3.71.